The molecular weight excluding hydrogens is 246 g/mol. The zero-order valence-electron chi connectivity index (χ0n) is 13.3. The van der Waals surface area contributed by atoms with E-state index in [0.29, 0.717) is 6.04 Å². The molecule has 1 aromatic heterocycles. The third-order valence-corrected chi connectivity index (χ3v) is 4.41. The summed E-state index contributed by atoms with van der Waals surface area (Å²) in [5, 5.41) is 3.45. The van der Waals surface area contributed by atoms with Crippen LogP contribution in [0.1, 0.15) is 56.7 Å². The maximum Gasteiger partial charge on any atom is 0.128 e. The Morgan fingerprint density at radius 2 is 2.00 bits per heavy atom. The van der Waals surface area contributed by atoms with Gasteiger partial charge in [0.25, 0.3) is 0 Å². The van der Waals surface area contributed by atoms with Crippen molar-refractivity contribution >= 4 is 5.82 Å². The molecule has 2 rings (SSSR count). The lowest BCUT2D eigenvalue weighted by atomic mass is 9.94. The fraction of sp³-hybridized carbons (Fsp3) is 0.706. The van der Waals surface area contributed by atoms with Gasteiger partial charge < -0.3 is 10.2 Å². The van der Waals surface area contributed by atoms with Crippen LogP contribution in [-0.2, 0) is 6.54 Å². The van der Waals surface area contributed by atoms with Crippen LogP contribution in [0.25, 0.3) is 0 Å². The van der Waals surface area contributed by atoms with Gasteiger partial charge in [-0.15, -0.1) is 0 Å². The van der Waals surface area contributed by atoms with Crippen LogP contribution in [0.3, 0.4) is 0 Å². The van der Waals surface area contributed by atoms with Gasteiger partial charge in [-0.25, -0.2) is 4.98 Å². The van der Waals surface area contributed by atoms with E-state index in [1.54, 1.807) is 0 Å². The Bertz CT molecular complexity index is 411. The van der Waals surface area contributed by atoms with Crippen LogP contribution in [0.4, 0.5) is 5.82 Å². The quantitative estimate of drug-likeness (QED) is 0.803. The Morgan fingerprint density at radius 3 is 2.65 bits per heavy atom. The molecule has 0 aliphatic heterocycles. The molecule has 1 aliphatic rings. The Labute approximate surface area is 123 Å². The van der Waals surface area contributed by atoms with Gasteiger partial charge in [-0.1, -0.05) is 32.3 Å². The number of aryl methyl sites for hydroxylation is 1. The molecular formula is C17H29N3. The zero-order chi connectivity index (χ0) is 14.4. The Balaban J connectivity index is 1.99. The van der Waals surface area contributed by atoms with Gasteiger partial charge in [-0.2, -0.15) is 0 Å². The number of hydrogen-bond donors (Lipinski definition) is 1. The van der Waals surface area contributed by atoms with Crippen molar-refractivity contribution in [1.29, 1.82) is 0 Å². The minimum absolute atomic E-state index is 0.680. The second-order valence-electron chi connectivity index (χ2n) is 5.99. The number of aromatic nitrogens is 1. The van der Waals surface area contributed by atoms with E-state index >= 15 is 0 Å². The summed E-state index contributed by atoms with van der Waals surface area (Å²) in [5.41, 5.74) is 2.48. The molecule has 1 aliphatic carbocycles. The largest absolute Gasteiger partial charge is 0.357 e. The van der Waals surface area contributed by atoms with Crippen LogP contribution in [0.2, 0.25) is 0 Å². The van der Waals surface area contributed by atoms with Crippen molar-refractivity contribution in [2.45, 2.75) is 65.0 Å². The van der Waals surface area contributed by atoms with E-state index in [0.717, 1.165) is 24.6 Å². The third-order valence-electron chi connectivity index (χ3n) is 4.41. The van der Waals surface area contributed by atoms with Gasteiger partial charge in [-0.05, 0) is 44.4 Å². The molecule has 20 heavy (non-hydrogen) atoms. The SMILES string of the molecule is CCCNCc1ccc(N(C)C2CCCCC2)nc1C. The fourth-order valence-electron chi connectivity index (χ4n) is 3.02. The van der Waals surface area contributed by atoms with Crippen LogP contribution in [0.15, 0.2) is 12.1 Å². The Morgan fingerprint density at radius 1 is 1.25 bits per heavy atom. The lowest BCUT2D eigenvalue weighted by Crippen LogP contribution is -2.34. The van der Waals surface area contributed by atoms with Crippen molar-refractivity contribution in [3.05, 3.63) is 23.4 Å². The number of hydrogen-bond acceptors (Lipinski definition) is 3. The summed E-state index contributed by atoms with van der Waals surface area (Å²) in [6.07, 6.45) is 7.95. The van der Waals surface area contributed by atoms with Crippen LogP contribution >= 0.6 is 0 Å². The molecule has 1 heterocycles. The number of anilines is 1. The van der Waals surface area contributed by atoms with Crippen molar-refractivity contribution in [3.8, 4) is 0 Å². The van der Waals surface area contributed by atoms with Crippen molar-refractivity contribution in [1.82, 2.24) is 10.3 Å². The highest BCUT2D eigenvalue weighted by Gasteiger charge is 2.19. The molecule has 3 nitrogen and oxygen atoms in total. The summed E-state index contributed by atoms with van der Waals surface area (Å²) in [4.78, 5) is 7.20. The first-order chi connectivity index (χ1) is 9.72. The highest BCUT2D eigenvalue weighted by molar-refractivity contribution is 5.42. The number of nitrogens with zero attached hydrogens (tertiary/aromatic N) is 2. The average molecular weight is 275 g/mol. The maximum atomic E-state index is 4.81. The molecule has 1 saturated carbocycles. The maximum absolute atomic E-state index is 4.81. The van der Waals surface area contributed by atoms with Gasteiger partial charge in [0.2, 0.25) is 0 Å². The molecule has 0 aromatic carbocycles. The van der Waals surface area contributed by atoms with E-state index in [9.17, 15) is 0 Å². The van der Waals surface area contributed by atoms with Crippen LogP contribution in [-0.4, -0.2) is 24.6 Å². The molecule has 0 saturated heterocycles. The highest BCUT2D eigenvalue weighted by atomic mass is 15.2. The molecule has 0 radical (unpaired) electrons. The van der Waals surface area contributed by atoms with Gasteiger partial charge in [0.15, 0.2) is 0 Å². The number of pyridine rings is 1. The molecule has 112 valence electrons. The van der Waals surface area contributed by atoms with Gasteiger partial charge in [0, 0.05) is 25.3 Å². The lowest BCUT2D eigenvalue weighted by Gasteiger charge is -2.32. The van der Waals surface area contributed by atoms with Crippen molar-refractivity contribution in [2.75, 3.05) is 18.5 Å². The fourth-order valence-corrected chi connectivity index (χ4v) is 3.02. The average Bonchev–Trinajstić information content (AvgIpc) is 2.49. The van der Waals surface area contributed by atoms with Crippen molar-refractivity contribution in [2.24, 2.45) is 0 Å². The second-order valence-corrected chi connectivity index (χ2v) is 5.99. The lowest BCUT2D eigenvalue weighted by molar-refractivity contribution is 0.426. The molecule has 1 N–H and O–H groups in total. The summed E-state index contributed by atoms with van der Waals surface area (Å²) >= 11 is 0. The van der Waals surface area contributed by atoms with Gasteiger partial charge >= 0.3 is 0 Å². The number of nitrogens with one attached hydrogen (secondary N) is 1. The molecule has 0 unspecified atom stereocenters. The molecule has 0 amide bonds. The van der Waals surface area contributed by atoms with Gasteiger partial charge in [-0.3, -0.25) is 0 Å². The second kappa shape index (κ2) is 7.63. The standard InChI is InChI=1S/C17H29N3/c1-4-12-18-13-15-10-11-17(19-14(15)2)20(3)16-8-6-5-7-9-16/h10-11,16,18H,4-9,12-13H2,1-3H3. The summed E-state index contributed by atoms with van der Waals surface area (Å²) in [6.45, 7) is 6.32. The van der Waals surface area contributed by atoms with E-state index in [1.165, 1.54) is 44.1 Å². The minimum Gasteiger partial charge on any atom is -0.357 e. The Kier molecular flexibility index (Phi) is 5.84. The van der Waals surface area contributed by atoms with Crippen molar-refractivity contribution < 1.29 is 0 Å². The normalized spacial score (nSPS) is 16.4. The van der Waals surface area contributed by atoms with Crippen LogP contribution in [0, 0.1) is 6.92 Å². The van der Waals surface area contributed by atoms with Crippen LogP contribution in [0.5, 0.6) is 0 Å². The number of rotatable bonds is 6. The monoisotopic (exact) mass is 275 g/mol. The predicted molar refractivity (Wildman–Crippen MR) is 86.2 cm³/mol. The first-order valence-corrected chi connectivity index (χ1v) is 8.12. The van der Waals surface area contributed by atoms with E-state index < -0.39 is 0 Å². The van der Waals surface area contributed by atoms with Gasteiger partial charge in [0.1, 0.15) is 5.82 Å². The molecule has 1 fully saturated rings. The van der Waals surface area contributed by atoms with Crippen LogP contribution < -0.4 is 10.2 Å². The summed E-state index contributed by atoms with van der Waals surface area (Å²) < 4.78 is 0. The van der Waals surface area contributed by atoms with E-state index in [4.69, 9.17) is 4.98 Å². The first kappa shape index (κ1) is 15.3. The van der Waals surface area contributed by atoms with E-state index in [2.05, 4.69) is 43.2 Å². The smallest absolute Gasteiger partial charge is 0.128 e. The molecule has 1 aromatic rings. The van der Waals surface area contributed by atoms with E-state index in [-0.39, 0.29) is 0 Å². The van der Waals surface area contributed by atoms with E-state index in [1.807, 2.05) is 0 Å². The Hall–Kier alpha value is -1.09. The summed E-state index contributed by atoms with van der Waals surface area (Å²) in [7, 11) is 2.20. The minimum atomic E-state index is 0.680. The van der Waals surface area contributed by atoms with Crippen molar-refractivity contribution in [3.63, 3.8) is 0 Å². The molecule has 3 heteroatoms. The predicted octanol–water partition coefficient (Wildman–Crippen LogP) is 3.66. The van der Waals surface area contributed by atoms with Gasteiger partial charge in [0.05, 0.1) is 0 Å². The summed E-state index contributed by atoms with van der Waals surface area (Å²) in [5.74, 6) is 1.13. The third kappa shape index (κ3) is 3.95. The topological polar surface area (TPSA) is 28.2 Å². The first-order valence-electron chi connectivity index (χ1n) is 8.12. The zero-order valence-corrected chi connectivity index (χ0v) is 13.3. The molecule has 0 atom stereocenters. The summed E-state index contributed by atoms with van der Waals surface area (Å²) in [6, 6.07) is 5.10. The molecule has 0 bridgehead atoms. The highest BCUT2D eigenvalue weighted by Crippen LogP contribution is 2.25. The molecule has 0 spiro atoms.